The number of aliphatic hydroxyl groups is 11. The molecule has 94 heavy (non-hydrogen) atoms. The number of carbonyl (C=O) groups excluding carboxylic acids is 2. The number of carboxylic acid groups (broad SMARTS) is 1. The first-order valence-electron chi connectivity index (χ1n) is 37.4. The molecular formula is C71H134N2O21. The van der Waals surface area contributed by atoms with Crippen LogP contribution in [0.1, 0.15) is 297 Å². The molecule has 3 fully saturated rings. The van der Waals surface area contributed by atoms with E-state index < -0.39 is 148 Å². The van der Waals surface area contributed by atoms with Gasteiger partial charge in [0, 0.05) is 19.8 Å². The Hall–Kier alpha value is -2.27. The van der Waals surface area contributed by atoms with Crippen LogP contribution in [-0.4, -0.2) is 215 Å². The highest BCUT2D eigenvalue weighted by atomic mass is 16.8. The van der Waals surface area contributed by atoms with Crippen LogP contribution in [0.3, 0.4) is 0 Å². The molecule has 14 N–H and O–H groups in total. The Morgan fingerprint density at radius 2 is 0.926 bits per heavy atom. The van der Waals surface area contributed by atoms with E-state index in [0.29, 0.717) is 19.3 Å². The lowest BCUT2D eigenvalue weighted by Gasteiger charge is -2.50. The van der Waals surface area contributed by atoms with Gasteiger partial charge in [-0.2, -0.15) is 0 Å². The van der Waals surface area contributed by atoms with Gasteiger partial charge in [0.1, 0.15) is 67.1 Å². The van der Waals surface area contributed by atoms with Crippen molar-refractivity contribution in [1.29, 1.82) is 0 Å². The monoisotopic (exact) mass is 1350 g/mol. The summed E-state index contributed by atoms with van der Waals surface area (Å²) < 4.78 is 34.9. The van der Waals surface area contributed by atoms with Crippen molar-refractivity contribution in [3.8, 4) is 0 Å². The van der Waals surface area contributed by atoms with E-state index in [1.165, 1.54) is 199 Å². The van der Waals surface area contributed by atoms with Gasteiger partial charge in [-0.25, -0.2) is 4.79 Å². The summed E-state index contributed by atoms with van der Waals surface area (Å²) in [6.07, 6.45) is 21.2. The molecule has 0 spiro atoms. The minimum Gasteiger partial charge on any atom is -0.477 e. The zero-order valence-electron chi connectivity index (χ0n) is 58.1. The third-order valence-corrected chi connectivity index (χ3v) is 19.3. The van der Waals surface area contributed by atoms with Crippen molar-refractivity contribution in [2.24, 2.45) is 0 Å². The van der Waals surface area contributed by atoms with Crippen LogP contribution in [0, 0.1) is 0 Å². The van der Waals surface area contributed by atoms with Crippen LogP contribution in [0.2, 0.25) is 0 Å². The van der Waals surface area contributed by atoms with E-state index in [4.69, 9.17) is 28.4 Å². The van der Waals surface area contributed by atoms with Crippen LogP contribution in [-0.2, 0) is 42.8 Å². The number of ether oxygens (including phenoxy) is 6. The molecule has 0 aliphatic carbocycles. The van der Waals surface area contributed by atoms with E-state index in [2.05, 4.69) is 24.5 Å². The van der Waals surface area contributed by atoms with Gasteiger partial charge in [0.05, 0.1) is 50.7 Å². The van der Waals surface area contributed by atoms with Crippen molar-refractivity contribution >= 4 is 17.8 Å². The fraction of sp³-hybridized carbons (Fsp3) is 0.958. The highest BCUT2D eigenvalue weighted by molar-refractivity contribution is 5.77. The lowest BCUT2D eigenvalue weighted by molar-refractivity contribution is -0.386. The molecule has 23 heteroatoms. The van der Waals surface area contributed by atoms with E-state index in [9.17, 15) is 75.7 Å². The number of amides is 2. The number of carboxylic acids is 1. The molecule has 0 aromatic rings. The average Bonchev–Trinajstić information content (AvgIpc) is 0.766. The van der Waals surface area contributed by atoms with E-state index in [1.807, 2.05) is 0 Å². The minimum absolute atomic E-state index is 0.229. The van der Waals surface area contributed by atoms with Crippen LogP contribution < -0.4 is 10.6 Å². The zero-order valence-corrected chi connectivity index (χ0v) is 58.1. The summed E-state index contributed by atoms with van der Waals surface area (Å²) in [7, 11) is 0. The molecule has 0 aromatic heterocycles. The molecule has 0 bridgehead atoms. The van der Waals surface area contributed by atoms with E-state index in [1.54, 1.807) is 0 Å². The van der Waals surface area contributed by atoms with Crippen LogP contribution in [0.15, 0.2) is 0 Å². The number of carbonyl (C=O) groups is 3. The Balaban J connectivity index is 1.51. The van der Waals surface area contributed by atoms with Crippen molar-refractivity contribution < 1.29 is 104 Å². The third-order valence-electron chi connectivity index (χ3n) is 19.3. The number of hydrogen-bond donors (Lipinski definition) is 14. The Kier molecular flexibility index (Phi) is 47.4. The summed E-state index contributed by atoms with van der Waals surface area (Å²) in [5.41, 5.74) is 0. The summed E-state index contributed by atoms with van der Waals surface area (Å²) >= 11 is 0. The molecule has 0 saturated carbocycles. The molecule has 3 saturated heterocycles. The Morgan fingerprint density at radius 3 is 1.33 bits per heavy atom. The van der Waals surface area contributed by atoms with Gasteiger partial charge >= 0.3 is 5.97 Å². The Labute approximate surface area is 563 Å². The van der Waals surface area contributed by atoms with Crippen LogP contribution in [0.4, 0.5) is 0 Å². The molecule has 0 aromatic carbocycles. The van der Waals surface area contributed by atoms with Gasteiger partial charge in [0.2, 0.25) is 11.8 Å². The van der Waals surface area contributed by atoms with Crippen LogP contribution in [0.5, 0.6) is 0 Å². The summed E-state index contributed by atoms with van der Waals surface area (Å²) in [6.45, 7) is 2.23. The Morgan fingerprint density at radius 1 is 0.511 bits per heavy atom. The number of unbranched alkanes of at least 4 members (excludes halogenated alkanes) is 38. The zero-order chi connectivity index (χ0) is 68.9. The third kappa shape index (κ3) is 33.3. The normalized spacial score (nSPS) is 27.8. The molecule has 0 radical (unpaired) electrons. The van der Waals surface area contributed by atoms with Gasteiger partial charge in [0.25, 0.3) is 5.79 Å². The quantitative estimate of drug-likeness (QED) is 0.0256. The van der Waals surface area contributed by atoms with Gasteiger partial charge in [-0.05, 0) is 12.8 Å². The van der Waals surface area contributed by atoms with Crippen LogP contribution in [0.25, 0.3) is 0 Å². The molecule has 554 valence electrons. The summed E-state index contributed by atoms with van der Waals surface area (Å²) in [5.74, 6) is -6.09. The predicted octanol–water partition coefficient (Wildman–Crippen LogP) is 8.07. The lowest BCUT2D eigenvalue weighted by atomic mass is 9.88. The van der Waals surface area contributed by atoms with Crippen molar-refractivity contribution in [2.75, 3.05) is 26.4 Å². The van der Waals surface area contributed by atoms with Crippen molar-refractivity contribution in [1.82, 2.24) is 10.6 Å². The molecule has 3 heterocycles. The van der Waals surface area contributed by atoms with Crippen molar-refractivity contribution in [2.45, 2.75) is 407 Å². The first-order valence-corrected chi connectivity index (χ1v) is 37.4. The number of nitrogens with one attached hydrogen (secondary N) is 2. The SMILES string of the molecule is CCCCCCCCCCCCCCCCCCCCCCCCCCCCCC(=O)NC(COC1OC(CO)C(OC2OC(CO)C(O)C(OC3(C(=O)O)CC(O)C(NC(C)=O)C(C(O)C(O)CO)O3)C2O)C(O)C1O)C(O)CCCCCCCCCCCCCCC. The molecule has 3 aliphatic rings. The molecule has 23 nitrogen and oxygen atoms in total. The largest absolute Gasteiger partial charge is 0.477 e. The highest BCUT2D eigenvalue weighted by Gasteiger charge is 2.60. The first-order chi connectivity index (χ1) is 45.4. The second-order valence-corrected chi connectivity index (χ2v) is 27.5. The molecule has 18 atom stereocenters. The fourth-order valence-corrected chi connectivity index (χ4v) is 13.4. The summed E-state index contributed by atoms with van der Waals surface area (Å²) in [5, 5.41) is 136. The lowest BCUT2D eigenvalue weighted by Crippen LogP contribution is -2.70. The van der Waals surface area contributed by atoms with E-state index in [0.717, 1.165) is 51.9 Å². The molecule has 18 unspecified atom stereocenters. The second kappa shape index (κ2) is 51.8. The first kappa shape index (κ1) is 86.0. The average molecular weight is 1350 g/mol. The highest BCUT2D eigenvalue weighted by Crippen LogP contribution is 2.39. The second-order valence-electron chi connectivity index (χ2n) is 27.5. The Bertz CT molecular complexity index is 1900. The fourth-order valence-electron chi connectivity index (χ4n) is 13.4. The maximum atomic E-state index is 13.5. The van der Waals surface area contributed by atoms with Crippen LogP contribution >= 0.6 is 0 Å². The number of hydrogen-bond acceptors (Lipinski definition) is 20. The number of aliphatic carboxylic acids is 1. The predicted molar refractivity (Wildman–Crippen MR) is 357 cm³/mol. The molecule has 3 rings (SSSR count). The van der Waals surface area contributed by atoms with E-state index >= 15 is 0 Å². The summed E-state index contributed by atoms with van der Waals surface area (Å²) in [4.78, 5) is 38.6. The number of rotatable bonds is 58. The minimum atomic E-state index is -3.08. The molecular weight excluding hydrogens is 1220 g/mol. The van der Waals surface area contributed by atoms with Gasteiger partial charge in [-0.3, -0.25) is 9.59 Å². The van der Waals surface area contributed by atoms with Gasteiger partial charge < -0.3 is 100 Å². The van der Waals surface area contributed by atoms with Crippen molar-refractivity contribution in [3.05, 3.63) is 0 Å². The topological polar surface area (TPSA) is 373 Å². The smallest absolute Gasteiger partial charge is 0.364 e. The maximum Gasteiger partial charge on any atom is 0.364 e. The summed E-state index contributed by atoms with van der Waals surface area (Å²) in [6, 6.07) is -2.52. The maximum absolute atomic E-state index is 13.5. The molecule has 2 amide bonds. The van der Waals surface area contributed by atoms with E-state index in [-0.39, 0.29) is 18.9 Å². The van der Waals surface area contributed by atoms with Gasteiger partial charge in [-0.1, -0.05) is 264 Å². The number of aliphatic hydroxyl groups excluding tert-OH is 11. The van der Waals surface area contributed by atoms with Gasteiger partial charge in [-0.15, -0.1) is 0 Å². The standard InChI is InChI=1S/C71H134N2O21/c1-4-6-8-10-12-14-16-18-19-20-21-22-23-24-25-26-27-28-29-30-31-33-35-37-39-41-43-45-58(81)73-52(53(78)44-42-40-38-36-34-32-17-15-13-11-9-7-5-2)50-89-68-63(85)62(84)65(57(49-76)91-68)92-69-64(86)67(61(83)56(48-75)90-69)94-71(70(87)88)46-54(79)59(72-51(3)77)66(93-71)60(82)55(80)47-74/h52-57,59-69,74-76,78-80,82-86H,4-50H2,1-3H3,(H,72,77)(H,73,81)(H,87,88). The van der Waals surface area contributed by atoms with Crippen molar-refractivity contribution in [3.63, 3.8) is 0 Å². The molecule has 3 aliphatic heterocycles. The van der Waals surface area contributed by atoms with Gasteiger partial charge in [0.15, 0.2) is 12.6 Å².